The molecule has 0 saturated carbocycles. The number of esters is 1. The Morgan fingerprint density at radius 3 is 2.93 bits per heavy atom. The minimum absolute atomic E-state index is 0.105. The average Bonchev–Trinajstić information content (AvgIpc) is 2.47. The van der Waals surface area contributed by atoms with Crippen LogP contribution in [0.4, 0.5) is 0 Å². The molecule has 14 heavy (non-hydrogen) atoms. The van der Waals surface area contributed by atoms with Gasteiger partial charge in [-0.2, -0.15) is 0 Å². The predicted octanol–water partition coefficient (Wildman–Crippen LogP) is 1.31. The SMILES string of the molecule is CCOC(=O)C[C@@]1(C)OC[C@@H](CCl)O1. The van der Waals surface area contributed by atoms with E-state index in [-0.39, 0.29) is 18.5 Å². The van der Waals surface area contributed by atoms with E-state index in [0.717, 1.165) is 0 Å². The Hall–Kier alpha value is -0.320. The van der Waals surface area contributed by atoms with Crippen LogP contribution < -0.4 is 0 Å². The Balaban J connectivity index is 2.40. The molecule has 4 nitrogen and oxygen atoms in total. The fraction of sp³-hybridized carbons (Fsp3) is 0.889. The van der Waals surface area contributed by atoms with Gasteiger partial charge in [0.1, 0.15) is 0 Å². The van der Waals surface area contributed by atoms with E-state index in [1.807, 2.05) is 0 Å². The Morgan fingerprint density at radius 1 is 1.71 bits per heavy atom. The van der Waals surface area contributed by atoms with Crippen molar-refractivity contribution in [1.29, 1.82) is 0 Å². The molecule has 0 N–H and O–H groups in total. The highest BCUT2D eigenvalue weighted by Crippen LogP contribution is 2.27. The molecule has 0 spiro atoms. The molecule has 1 saturated heterocycles. The van der Waals surface area contributed by atoms with Crippen molar-refractivity contribution in [2.45, 2.75) is 32.2 Å². The van der Waals surface area contributed by atoms with Crippen LogP contribution in [0.15, 0.2) is 0 Å². The van der Waals surface area contributed by atoms with Crippen molar-refractivity contribution in [2.24, 2.45) is 0 Å². The van der Waals surface area contributed by atoms with Crippen molar-refractivity contribution in [2.75, 3.05) is 19.1 Å². The van der Waals surface area contributed by atoms with E-state index in [0.29, 0.717) is 19.1 Å². The lowest BCUT2D eigenvalue weighted by Crippen LogP contribution is -2.31. The van der Waals surface area contributed by atoms with Crippen LogP contribution in [-0.2, 0) is 19.0 Å². The molecule has 0 bridgehead atoms. The zero-order valence-corrected chi connectivity index (χ0v) is 9.17. The van der Waals surface area contributed by atoms with E-state index < -0.39 is 5.79 Å². The predicted molar refractivity (Wildman–Crippen MR) is 51.2 cm³/mol. The van der Waals surface area contributed by atoms with Crippen LogP contribution >= 0.6 is 11.6 Å². The van der Waals surface area contributed by atoms with Gasteiger partial charge in [0.05, 0.1) is 31.6 Å². The molecule has 0 unspecified atom stereocenters. The maximum absolute atomic E-state index is 11.2. The summed E-state index contributed by atoms with van der Waals surface area (Å²) in [5.41, 5.74) is 0. The summed E-state index contributed by atoms with van der Waals surface area (Å²) in [7, 11) is 0. The van der Waals surface area contributed by atoms with Gasteiger partial charge in [0.2, 0.25) is 0 Å². The summed E-state index contributed by atoms with van der Waals surface area (Å²) in [4.78, 5) is 11.2. The van der Waals surface area contributed by atoms with Gasteiger partial charge < -0.3 is 14.2 Å². The molecule has 0 aromatic carbocycles. The molecule has 2 atom stereocenters. The number of hydrogen-bond acceptors (Lipinski definition) is 4. The summed E-state index contributed by atoms with van der Waals surface area (Å²) < 4.78 is 15.6. The van der Waals surface area contributed by atoms with E-state index in [1.54, 1.807) is 13.8 Å². The van der Waals surface area contributed by atoms with Crippen molar-refractivity contribution in [1.82, 2.24) is 0 Å². The summed E-state index contributed by atoms with van der Waals surface area (Å²) in [5.74, 6) is -0.810. The van der Waals surface area contributed by atoms with Crippen molar-refractivity contribution in [3.63, 3.8) is 0 Å². The fourth-order valence-corrected chi connectivity index (χ4v) is 1.48. The molecule has 1 fully saturated rings. The van der Waals surface area contributed by atoms with Crippen molar-refractivity contribution >= 4 is 17.6 Å². The number of ether oxygens (including phenoxy) is 3. The largest absolute Gasteiger partial charge is 0.466 e. The maximum Gasteiger partial charge on any atom is 0.311 e. The summed E-state index contributed by atoms with van der Waals surface area (Å²) in [6, 6.07) is 0. The summed E-state index contributed by atoms with van der Waals surface area (Å²) in [6.45, 7) is 4.28. The number of hydrogen-bond donors (Lipinski definition) is 0. The summed E-state index contributed by atoms with van der Waals surface area (Å²) in [5, 5.41) is 0. The smallest absolute Gasteiger partial charge is 0.311 e. The van der Waals surface area contributed by atoms with Crippen molar-refractivity contribution < 1.29 is 19.0 Å². The molecule has 1 rings (SSSR count). The number of carbonyl (C=O) groups is 1. The standard InChI is InChI=1S/C9H15ClO4/c1-3-12-8(11)4-9(2)13-6-7(5-10)14-9/h7H,3-6H2,1-2H3/t7-,9+/m1/s1. The normalized spacial score (nSPS) is 31.8. The number of halogens is 1. The lowest BCUT2D eigenvalue weighted by Gasteiger charge is -2.21. The topological polar surface area (TPSA) is 44.8 Å². The Bertz CT molecular complexity index is 209. The maximum atomic E-state index is 11.2. The number of rotatable bonds is 4. The fourth-order valence-electron chi connectivity index (χ4n) is 1.33. The van der Waals surface area contributed by atoms with Crippen LogP contribution in [0.5, 0.6) is 0 Å². The molecule has 82 valence electrons. The lowest BCUT2D eigenvalue weighted by molar-refractivity contribution is -0.178. The first-order chi connectivity index (χ1) is 6.59. The molecule has 1 heterocycles. The first kappa shape index (κ1) is 11.8. The zero-order valence-electron chi connectivity index (χ0n) is 8.42. The lowest BCUT2D eigenvalue weighted by atomic mass is 10.2. The summed E-state index contributed by atoms with van der Waals surface area (Å²) >= 11 is 5.61. The van der Waals surface area contributed by atoms with Gasteiger partial charge in [0.15, 0.2) is 5.79 Å². The minimum atomic E-state index is -0.869. The highest BCUT2D eigenvalue weighted by molar-refractivity contribution is 6.18. The van der Waals surface area contributed by atoms with Crippen LogP contribution in [-0.4, -0.2) is 37.0 Å². The first-order valence-electron chi connectivity index (χ1n) is 4.63. The van der Waals surface area contributed by atoms with E-state index >= 15 is 0 Å². The second-order valence-corrected chi connectivity index (χ2v) is 3.63. The first-order valence-corrected chi connectivity index (χ1v) is 5.16. The van der Waals surface area contributed by atoms with Gasteiger partial charge in [-0.1, -0.05) is 0 Å². The van der Waals surface area contributed by atoms with Crippen molar-refractivity contribution in [3.8, 4) is 0 Å². The third kappa shape index (κ3) is 3.12. The monoisotopic (exact) mass is 222 g/mol. The molecule has 1 aliphatic heterocycles. The molecule has 0 radical (unpaired) electrons. The van der Waals surface area contributed by atoms with Gasteiger partial charge in [-0.05, 0) is 13.8 Å². The van der Waals surface area contributed by atoms with Crippen LogP contribution in [0.3, 0.4) is 0 Å². The molecule has 1 aliphatic rings. The van der Waals surface area contributed by atoms with E-state index in [1.165, 1.54) is 0 Å². The molecule has 0 aromatic heterocycles. The van der Waals surface area contributed by atoms with Gasteiger partial charge in [-0.15, -0.1) is 11.6 Å². The highest BCUT2D eigenvalue weighted by Gasteiger charge is 2.39. The molecule has 0 amide bonds. The molecule has 0 aromatic rings. The van der Waals surface area contributed by atoms with Gasteiger partial charge in [-0.3, -0.25) is 4.79 Å². The molecular weight excluding hydrogens is 208 g/mol. The van der Waals surface area contributed by atoms with Crippen LogP contribution in [0, 0.1) is 0 Å². The van der Waals surface area contributed by atoms with Crippen LogP contribution in [0.25, 0.3) is 0 Å². The Labute approximate surface area is 88.5 Å². The van der Waals surface area contributed by atoms with Gasteiger partial charge in [-0.25, -0.2) is 0 Å². The van der Waals surface area contributed by atoms with Crippen LogP contribution in [0.2, 0.25) is 0 Å². The van der Waals surface area contributed by atoms with Crippen LogP contribution in [0.1, 0.15) is 20.3 Å². The van der Waals surface area contributed by atoms with E-state index in [2.05, 4.69) is 0 Å². The quantitative estimate of drug-likeness (QED) is 0.532. The number of carbonyl (C=O) groups excluding carboxylic acids is 1. The van der Waals surface area contributed by atoms with Gasteiger partial charge >= 0.3 is 5.97 Å². The molecular formula is C9H15ClO4. The van der Waals surface area contributed by atoms with Gasteiger partial charge in [0, 0.05) is 0 Å². The third-order valence-corrected chi connectivity index (χ3v) is 2.28. The zero-order chi connectivity index (χ0) is 10.6. The second-order valence-electron chi connectivity index (χ2n) is 3.32. The van der Waals surface area contributed by atoms with E-state index in [9.17, 15) is 4.79 Å². The average molecular weight is 223 g/mol. The second kappa shape index (κ2) is 4.96. The highest BCUT2D eigenvalue weighted by atomic mass is 35.5. The molecule has 0 aliphatic carbocycles. The summed E-state index contributed by atoms with van der Waals surface area (Å²) in [6.07, 6.45) is -0.0232. The van der Waals surface area contributed by atoms with E-state index in [4.69, 9.17) is 25.8 Å². The Morgan fingerprint density at radius 2 is 2.43 bits per heavy atom. The van der Waals surface area contributed by atoms with Gasteiger partial charge in [0.25, 0.3) is 0 Å². The number of alkyl halides is 1. The third-order valence-electron chi connectivity index (χ3n) is 1.93. The molecule has 5 heteroatoms. The minimum Gasteiger partial charge on any atom is -0.466 e. The van der Waals surface area contributed by atoms with Crippen molar-refractivity contribution in [3.05, 3.63) is 0 Å². The Kier molecular flexibility index (Phi) is 4.16.